The minimum Gasteiger partial charge on any atom is -0.399 e. The summed E-state index contributed by atoms with van der Waals surface area (Å²) in [6, 6.07) is 3.62. The van der Waals surface area contributed by atoms with Gasteiger partial charge in [-0.15, -0.1) is 0 Å². The van der Waals surface area contributed by atoms with Crippen LogP contribution in [0.2, 0.25) is 0 Å². The van der Waals surface area contributed by atoms with E-state index in [0.29, 0.717) is 12.5 Å². The van der Waals surface area contributed by atoms with Gasteiger partial charge in [0, 0.05) is 18.3 Å². The zero-order chi connectivity index (χ0) is 15.0. The molecule has 0 bridgehead atoms. The predicted molar refractivity (Wildman–Crippen MR) is 79.7 cm³/mol. The van der Waals surface area contributed by atoms with Crippen LogP contribution in [0.25, 0.3) is 0 Å². The van der Waals surface area contributed by atoms with Crippen LogP contribution in [-0.2, 0) is 10.0 Å². The number of nitrogens with zero attached hydrogens (tertiary/aromatic N) is 1. The van der Waals surface area contributed by atoms with Crippen LogP contribution in [0.1, 0.15) is 38.5 Å². The number of anilines is 1. The summed E-state index contributed by atoms with van der Waals surface area (Å²) >= 11 is 0. The first-order valence-electron chi connectivity index (χ1n) is 7.56. The summed E-state index contributed by atoms with van der Waals surface area (Å²) in [7, 11) is -3.66. The van der Waals surface area contributed by atoms with Crippen molar-refractivity contribution in [3.8, 4) is 0 Å². The first-order chi connectivity index (χ1) is 9.98. The van der Waals surface area contributed by atoms with E-state index >= 15 is 0 Å². The molecule has 3 rings (SSSR count). The van der Waals surface area contributed by atoms with E-state index in [-0.39, 0.29) is 16.6 Å². The molecule has 1 atom stereocenters. The fraction of sp³-hybridized carbons (Fsp3) is 0.600. The molecule has 2 fully saturated rings. The minimum atomic E-state index is -3.66. The summed E-state index contributed by atoms with van der Waals surface area (Å²) in [5, 5.41) is 0. The van der Waals surface area contributed by atoms with E-state index in [1.165, 1.54) is 18.9 Å². The molecule has 6 heteroatoms. The number of nitrogen functional groups attached to an aromatic ring is 1. The Hall–Kier alpha value is -1.14. The summed E-state index contributed by atoms with van der Waals surface area (Å²) < 4.78 is 40.7. The van der Waals surface area contributed by atoms with Crippen LogP contribution in [0.5, 0.6) is 0 Å². The number of sulfonamides is 1. The first kappa shape index (κ1) is 14.8. The Morgan fingerprint density at radius 2 is 1.81 bits per heavy atom. The maximum Gasteiger partial charge on any atom is 0.243 e. The minimum absolute atomic E-state index is 0.0232. The lowest BCUT2D eigenvalue weighted by Crippen LogP contribution is -2.39. The largest absolute Gasteiger partial charge is 0.399 e. The molecule has 0 amide bonds. The van der Waals surface area contributed by atoms with Crippen LogP contribution < -0.4 is 5.73 Å². The lowest BCUT2D eigenvalue weighted by molar-refractivity contribution is 0.288. The van der Waals surface area contributed by atoms with Crippen LogP contribution in [0.4, 0.5) is 10.1 Å². The molecule has 4 nitrogen and oxygen atoms in total. The number of benzene rings is 1. The van der Waals surface area contributed by atoms with Crippen molar-refractivity contribution >= 4 is 15.7 Å². The standard InChI is InChI=1S/C15H21FN2O2S/c16-12-8-13(17)10-14(9-12)21(19,20)18-7-3-6-15(18)11-4-1-2-5-11/h8-11,15H,1-7,17H2. The Morgan fingerprint density at radius 3 is 2.48 bits per heavy atom. The number of hydrogen-bond acceptors (Lipinski definition) is 3. The molecule has 1 saturated carbocycles. The molecular weight excluding hydrogens is 291 g/mol. The lowest BCUT2D eigenvalue weighted by Gasteiger charge is -2.28. The average Bonchev–Trinajstić information content (AvgIpc) is 3.08. The second-order valence-corrected chi connectivity index (χ2v) is 7.98. The van der Waals surface area contributed by atoms with E-state index < -0.39 is 15.8 Å². The molecule has 21 heavy (non-hydrogen) atoms. The van der Waals surface area contributed by atoms with Crippen molar-refractivity contribution < 1.29 is 12.8 Å². The van der Waals surface area contributed by atoms with Gasteiger partial charge in [0.05, 0.1) is 4.90 Å². The van der Waals surface area contributed by atoms with Gasteiger partial charge in [-0.1, -0.05) is 12.8 Å². The molecule has 1 aromatic rings. The molecule has 1 aliphatic carbocycles. The zero-order valence-corrected chi connectivity index (χ0v) is 12.8. The van der Waals surface area contributed by atoms with Gasteiger partial charge >= 0.3 is 0 Å². The number of nitrogens with two attached hydrogens (primary N) is 1. The highest BCUT2D eigenvalue weighted by Crippen LogP contribution is 2.38. The third kappa shape index (κ3) is 2.79. The van der Waals surface area contributed by atoms with Gasteiger partial charge in [-0.25, -0.2) is 12.8 Å². The summed E-state index contributed by atoms with van der Waals surface area (Å²) in [4.78, 5) is -0.0232. The lowest BCUT2D eigenvalue weighted by atomic mass is 9.97. The fourth-order valence-corrected chi connectivity index (χ4v) is 5.57. The normalized spacial score (nSPS) is 24.7. The van der Waals surface area contributed by atoms with Gasteiger partial charge in [0.25, 0.3) is 0 Å². The van der Waals surface area contributed by atoms with Gasteiger partial charge in [0.15, 0.2) is 0 Å². The SMILES string of the molecule is Nc1cc(F)cc(S(=O)(=O)N2CCCC2C2CCCC2)c1. The zero-order valence-electron chi connectivity index (χ0n) is 12.0. The van der Waals surface area contributed by atoms with Gasteiger partial charge < -0.3 is 5.73 Å². The molecule has 1 aliphatic heterocycles. The third-order valence-electron chi connectivity index (χ3n) is 4.69. The number of rotatable bonds is 3. The fourth-order valence-electron chi connectivity index (χ4n) is 3.75. The van der Waals surface area contributed by atoms with Crippen molar-refractivity contribution in [2.45, 2.75) is 49.5 Å². The van der Waals surface area contributed by atoms with Crippen molar-refractivity contribution in [2.24, 2.45) is 5.92 Å². The summed E-state index contributed by atoms with van der Waals surface area (Å²) in [6.45, 7) is 0.528. The molecule has 0 spiro atoms. The smallest absolute Gasteiger partial charge is 0.243 e. The predicted octanol–water partition coefficient (Wildman–Crippen LogP) is 2.75. The topological polar surface area (TPSA) is 63.4 Å². The molecule has 2 aliphatic rings. The Balaban J connectivity index is 1.92. The van der Waals surface area contributed by atoms with E-state index in [9.17, 15) is 12.8 Å². The van der Waals surface area contributed by atoms with E-state index in [0.717, 1.165) is 37.8 Å². The van der Waals surface area contributed by atoms with E-state index in [2.05, 4.69) is 0 Å². The van der Waals surface area contributed by atoms with Crippen LogP contribution in [0.15, 0.2) is 23.1 Å². The highest BCUT2D eigenvalue weighted by Gasteiger charge is 2.40. The van der Waals surface area contributed by atoms with Crippen molar-refractivity contribution in [3.63, 3.8) is 0 Å². The molecular formula is C15H21FN2O2S. The average molecular weight is 312 g/mol. The molecule has 1 saturated heterocycles. The van der Waals surface area contributed by atoms with Crippen LogP contribution in [0, 0.1) is 11.7 Å². The Kier molecular flexibility index (Phi) is 3.92. The highest BCUT2D eigenvalue weighted by atomic mass is 32.2. The van der Waals surface area contributed by atoms with Crippen LogP contribution in [0.3, 0.4) is 0 Å². The quantitative estimate of drug-likeness (QED) is 0.873. The molecule has 1 heterocycles. The number of halogens is 1. The highest BCUT2D eigenvalue weighted by molar-refractivity contribution is 7.89. The maximum atomic E-state index is 13.5. The Bertz CT molecular complexity index is 606. The van der Waals surface area contributed by atoms with Crippen molar-refractivity contribution in [1.82, 2.24) is 4.31 Å². The first-order valence-corrected chi connectivity index (χ1v) is 9.00. The molecule has 0 aromatic heterocycles. The summed E-state index contributed by atoms with van der Waals surface area (Å²) in [6.07, 6.45) is 6.35. The van der Waals surface area contributed by atoms with Gasteiger partial charge in [0.2, 0.25) is 10.0 Å². The van der Waals surface area contributed by atoms with Crippen molar-refractivity contribution in [1.29, 1.82) is 0 Å². The summed E-state index contributed by atoms with van der Waals surface area (Å²) in [5.74, 6) is -0.154. The summed E-state index contributed by atoms with van der Waals surface area (Å²) in [5.41, 5.74) is 5.73. The monoisotopic (exact) mass is 312 g/mol. The van der Waals surface area contributed by atoms with Crippen LogP contribution in [-0.4, -0.2) is 25.3 Å². The Labute approximate surface area is 125 Å². The van der Waals surface area contributed by atoms with Gasteiger partial charge in [-0.05, 0) is 49.8 Å². The molecule has 116 valence electrons. The Morgan fingerprint density at radius 1 is 1.10 bits per heavy atom. The molecule has 2 N–H and O–H groups in total. The molecule has 1 aromatic carbocycles. The van der Waals surface area contributed by atoms with Gasteiger partial charge in [0.1, 0.15) is 5.82 Å². The molecule has 1 unspecified atom stereocenters. The van der Waals surface area contributed by atoms with Crippen LogP contribution >= 0.6 is 0 Å². The van der Waals surface area contributed by atoms with E-state index in [1.54, 1.807) is 4.31 Å². The van der Waals surface area contributed by atoms with E-state index in [4.69, 9.17) is 5.73 Å². The molecule has 0 radical (unpaired) electrons. The number of hydrogen-bond donors (Lipinski definition) is 1. The van der Waals surface area contributed by atoms with E-state index in [1.807, 2.05) is 0 Å². The van der Waals surface area contributed by atoms with Crippen molar-refractivity contribution in [2.75, 3.05) is 12.3 Å². The maximum absolute atomic E-state index is 13.5. The second kappa shape index (κ2) is 5.57. The third-order valence-corrected chi connectivity index (χ3v) is 6.59. The van der Waals surface area contributed by atoms with Gasteiger partial charge in [-0.3, -0.25) is 0 Å². The van der Waals surface area contributed by atoms with Crippen molar-refractivity contribution in [3.05, 3.63) is 24.0 Å². The second-order valence-electron chi connectivity index (χ2n) is 6.09. The van der Waals surface area contributed by atoms with Gasteiger partial charge in [-0.2, -0.15) is 4.31 Å².